The Hall–Kier alpha value is -2.08. The second kappa shape index (κ2) is 6.58. The minimum atomic E-state index is 0.0921. The molecule has 0 unspecified atom stereocenters. The van der Waals surface area contributed by atoms with Gasteiger partial charge in [-0.25, -0.2) is 4.98 Å². The predicted molar refractivity (Wildman–Crippen MR) is 89.2 cm³/mol. The monoisotopic (exact) mass is 315 g/mol. The maximum atomic E-state index is 12.8. The van der Waals surface area contributed by atoms with Crippen LogP contribution in [0.3, 0.4) is 0 Å². The van der Waals surface area contributed by atoms with Gasteiger partial charge in [-0.1, -0.05) is 13.8 Å². The molecule has 0 aromatic carbocycles. The van der Waals surface area contributed by atoms with Crippen molar-refractivity contribution in [2.24, 2.45) is 7.05 Å². The Morgan fingerprint density at radius 2 is 2.17 bits per heavy atom. The number of hydrogen-bond acceptors (Lipinski definition) is 3. The van der Waals surface area contributed by atoms with E-state index in [0.717, 1.165) is 37.6 Å². The molecule has 1 aliphatic rings. The van der Waals surface area contributed by atoms with Gasteiger partial charge in [0.25, 0.3) is 5.91 Å². The highest BCUT2D eigenvalue weighted by molar-refractivity contribution is 5.92. The van der Waals surface area contributed by atoms with Gasteiger partial charge in [-0.3, -0.25) is 4.79 Å². The van der Waals surface area contributed by atoms with E-state index in [0.29, 0.717) is 6.54 Å². The first-order valence-electron chi connectivity index (χ1n) is 8.27. The summed E-state index contributed by atoms with van der Waals surface area (Å²) in [7, 11) is 1.91. The van der Waals surface area contributed by atoms with Crippen molar-refractivity contribution in [2.45, 2.75) is 26.4 Å². The van der Waals surface area contributed by atoms with Gasteiger partial charge < -0.3 is 18.9 Å². The number of hydrogen-bond donors (Lipinski definition) is 0. The van der Waals surface area contributed by atoms with Gasteiger partial charge in [0.15, 0.2) is 0 Å². The van der Waals surface area contributed by atoms with E-state index in [9.17, 15) is 4.79 Å². The van der Waals surface area contributed by atoms with Gasteiger partial charge in [-0.15, -0.1) is 0 Å². The normalized spacial score (nSPS) is 17.6. The number of carbonyl (C=O) groups is 1. The van der Waals surface area contributed by atoms with Gasteiger partial charge in [-0.05, 0) is 25.2 Å². The molecule has 0 fully saturated rings. The average Bonchev–Trinajstić information content (AvgIpc) is 3.20. The SMILES string of the molecule is CCN(CC)C[C@H]1CN(C(=O)c2cccn2C)Cc2cncn21. The van der Waals surface area contributed by atoms with Crippen LogP contribution < -0.4 is 0 Å². The molecule has 0 bridgehead atoms. The first-order chi connectivity index (χ1) is 11.1. The Morgan fingerprint density at radius 3 is 2.83 bits per heavy atom. The molecule has 6 heteroatoms. The van der Waals surface area contributed by atoms with Crippen molar-refractivity contribution in [1.82, 2.24) is 23.9 Å². The highest BCUT2D eigenvalue weighted by atomic mass is 16.2. The van der Waals surface area contributed by atoms with Gasteiger partial charge >= 0.3 is 0 Å². The van der Waals surface area contributed by atoms with Crippen LogP contribution in [0.15, 0.2) is 30.9 Å². The van der Waals surface area contributed by atoms with Gasteiger partial charge in [-0.2, -0.15) is 0 Å². The fourth-order valence-corrected chi connectivity index (χ4v) is 3.31. The van der Waals surface area contributed by atoms with E-state index < -0.39 is 0 Å². The van der Waals surface area contributed by atoms with E-state index in [2.05, 4.69) is 28.3 Å². The first kappa shape index (κ1) is 15.8. The van der Waals surface area contributed by atoms with E-state index >= 15 is 0 Å². The predicted octanol–water partition coefficient (Wildman–Crippen LogP) is 1.76. The summed E-state index contributed by atoms with van der Waals surface area (Å²) in [6.07, 6.45) is 5.68. The van der Waals surface area contributed by atoms with Crippen molar-refractivity contribution >= 4 is 5.91 Å². The number of imidazole rings is 1. The summed E-state index contributed by atoms with van der Waals surface area (Å²) >= 11 is 0. The lowest BCUT2D eigenvalue weighted by molar-refractivity contribution is 0.0645. The minimum absolute atomic E-state index is 0.0921. The topological polar surface area (TPSA) is 46.3 Å². The zero-order valence-corrected chi connectivity index (χ0v) is 14.1. The van der Waals surface area contributed by atoms with Crippen LogP contribution in [-0.4, -0.2) is 56.0 Å². The zero-order valence-electron chi connectivity index (χ0n) is 14.1. The molecule has 0 saturated carbocycles. The van der Waals surface area contributed by atoms with E-state index in [1.54, 1.807) is 0 Å². The number of aromatic nitrogens is 3. The van der Waals surface area contributed by atoms with E-state index in [1.165, 1.54) is 0 Å². The summed E-state index contributed by atoms with van der Waals surface area (Å²) in [6, 6.07) is 4.05. The van der Waals surface area contributed by atoms with Crippen LogP contribution in [-0.2, 0) is 13.6 Å². The number of amides is 1. The molecule has 0 N–H and O–H groups in total. The largest absolute Gasteiger partial charge is 0.347 e. The van der Waals surface area contributed by atoms with Gasteiger partial charge in [0.05, 0.1) is 24.6 Å². The molecule has 1 amide bonds. The van der Waals surface area contributed by atoms with Crippen LogP contribution in [0, 0.1) is 0 Å². The molecule has 3 heterocycles. The molecule has 3 rings (SSSR count). The fraction of sp³-hybridized carbons (Fsp3) is 0.529. The van der Waals surface area contributed by atoms with Crippen molar-refractivity contribution in [3.8, 4) is 0 Å². The second-order valence-electron chi connectivity index (χ2n) is 6.12. The van der Waals surface area contributed by atoms with E-state index in [4.69, 9.17) is 0 Å². The highest BCUT2D eigenvalue weighted by Gasteiger charge is 2.30. The summed E-state index contributed by atoms with van der Waals surface area (Å²) in [4.78, 5) is 21.5. The van der Waals surface area contributed by atoms with Crippen LogP contribution >= 0.6 is 0 Å². The smallest absolute Gasteiger partial charge is 0.270 e. The van der Waals surface area contributed by atoms with Crippen molar-refractivity contribution in [2.75, 3.05) is 26.2 Å². The Labute approximate surface area is 137 Å². The molecule has 23 heavy (non-hydrogen) atoms. The van der Waals surface area contributed by atoms with Crippen molar-refractivity contribution in [1.29, 1.82) is 0 Å². The molecule has 2 aromatic heterocycles. The van der Waals surface area contributed by atoms with Crippen LogP contribution in [0.1, 0.15) is 36.1 Å². The molecule has 1 atom stereocenters. The van der Waals surface area contributed by atoms with Gasteiger partial charge in [0.1, 0.15) is 5.69 Å². The van der Waals surface area contributed by atoms with Gasteiger partial charge in [0.2, 0.25) is 0 Å². The molecule has 0 aliphatic carbocycles. The van der Waals surface area contributed by atoms with Crippen LogP contribution in [0.2, 0.25) is 0 Å². The number of likely N-dealkylation sites (N-methyl/N-ethyl adjacent to an activating group) is 1. The first-order valence-corrected chi connectivity index (χ1v) is 8.27. The van der Waals surface area contributed by atoms with Gasteiger partial charge in [0, 0.05) is 32.5 Å². The lowest BCUT2D eigenvalue weighted by Gasteiger charge is -2.36. The third-order valence-corrected chi connectivity index (χ3v) is 4.74. The Morgan fingerprint density at radius 1 is 1.39 bits per heavy atom. The maximum Gasteiger partial charge on any atom is 0.270 e. The maximum absolute atomic E-state index is 12.8. The fourth-order valence-electron chi connectivity index (χ4n) is 3.31. The number of rotatable bonds is 5. The molecule has 0 saturated heterocycles. The Bertz CT molecular complexity index is 670. The minimum Gasteiger partial charge on any atom is -0.347 e. The molecular weight excluding hydrogens is 290 g/mol. The second-order valence-corrected chi connectivity index (χ2v) is 6.12. The number of aryl methyl sites for hydroxylation is 1. The Kier molecular flexibility index (Phi) is 4.52. The van der Waals surface area contributed by atoms with Crippen LogP contribution in [0.5, 0.6) is 0 Å². The molecule has 0 spiro atoms. The number of carbonyl (C=O) groups excluding carboxylic acids is 1. The molecule has 0 radical (unpaired) electrons. The van der Waals surface area contributed by atoms with Crippen molar-refractivity contribution in [3.05, 3.63) is 42.2 Å². The highest BCUT2D eigenvalue weighted by Crippen LogP contribution is 2.23. The van der Waals surface area contributed by atoms with E-state index in [1.807, 2.05) is 47.4 Å². The number of nitrogens with zero attached hydrogens (tertiary/aromatic N) is 5. The lowest BCUT2D eigenvalue weighted by atomic mass is 10.1. The number of fused-ring (bicyclic) bond motifs is 1. The quantitative estimate of drug-likeness (QED) is 0.845. The molecular formula is C17H25N5O. The summed E-state index contributed by atoms with van der Waals surface area (Å²) < 4.78 is 4.11. The standard InChI is InChI=1S/C17H25N5O/c1-4-20(5-2)10-15-12-21(11-14-9-18-13-22(14)15)17(23)16-7-6-8-19(16)3/h6-9,13,15H,4-5,10-12H2,1-3H3/t15-/m0/s1. The Balaban J connectivity index is 1.83. The summed E-state index contributed by atoms with van der Waals surface area (Å²) in [5.41, 5.74) is 1.84. The molecule has 124 valence electrons. The summed E-state index contributed by atoms with van der Waals surface area (Å²) in [5.74, 6) is 0.0921. The van der Waals surface area contributed by atoms with Crippen molar-refractivity contribution in [3.63, 3.8) is 0 Å². The lowest BCUT2D eigenvalue weighted by Crippen LogP contribution is -2.45. The van der Waals surface area contributed by atoms with Crippen molar-refractivity contribution < 1.29 is 4.79 Å². The third-order valence-electron chi connectivity index (χ3n) is 4.74. The average molecular weight is 315 g/mol. The van der Waals surface area contributed by atoms with Crippen LogP contribution in [0.25, 0.3) is 0 Å². The summed E-state index contributed by atoms with van der Waals surface area (Å²) in [6.45, 7) is 8.67. The summed E-state index contributed by atoms with van der Waals surface area (Å²) in [5, 5.41) is 0. The van der Waals surface area contributed by atoms with E-state index in [-0.39, 0.29) is 11.9 Å². The third kappa shape index (κ3) is 3.03. The molecule has 6 nitrogen and oxygen atoms in total. The van der Waals surface area contributed by atoms with Crippen LogP contribution in [0.4, 0.5) is 0 Å². The molecule has 2 aromatic rings. The molecule has 1 aliphatic heterocycles. The zero-order chi connectivity index (χ0) is 16.4.